The van der Waals surface area contributed by atoms with Crippen LogP contribution in [0.3, 0.4) is 0 Å². The summed E-state index contributed by atoms with van der Waals surface area (Å²) >= 11 is 0. The van der Waals surface area contributed by atoms with Crippen molar-refractivity contribution in [3.63, 3.8) is 0 Å². The van der Waals surface area contributed by atoms with E-state index in [1.807, 2.05) is 13.8 Å². The van der Waals surface area contributed by atoms with Gasteiger partial charge in [-0.1, -0.05) is 13.8 Å². The molecule has 1 rings (SSSR count). The zero-order valence-corrected chi connectivity index (χ0v) is 10.6. The summed E-state index contributed by atoms with van der Waals surface area (Å²) in [4.78, 5) is 13.5. The molecule has 0 aliphatic heterocycles. The van der Waals surface area contributed by atoms with Crippen molar-refractivity contribution in [2.45, 2.75) is 20.3 Å². The molecule has 0 aliphatic rings. The van der Waals surface area contributed by atoms with Crippen LogP contribution >= 0.6 is 0 Å². The highest BCUT2D eigenvalue weighted by Gasteiger charge is 2.19. The first-order chi connectivity index (χ1) is 7.96. The van der Waals surface area contributed by atoms with Gasteiger partial charge in [0.15, 0.2) is 5.69 Å². The summed E-state index contributed by atoms with van der Waals surface area (Å²) in [5.74, 6) is -0.146. The van der Waals surface area contributed by atoms with Gasteiger partial charge in [0, 0.05) is 26.4 Å². The largest absolute Gasteiger partial charge is 0.396 e. The molecule has 5 heteroatoms. The third-order valence-electron chi connectivity index (χ3n) is 2.69. The maximum Gasteiger partial charge on any atom is 0.274 e. The van der Waals surface area contributed by atoms with Crippen molar-refractivity contribution in [2.24, 2.45) is 5.41 Å². The molecular formula is C12H19N3O2. The van der Waals surface area contributed by atoms with E-state index in [1.165, 1.54) is 6.20 Å². The minimum atomic E-state index is -0.170. The number of amides is 1. The molecule has 0 aromatic carbocycles. The summed E-state index contributed by atoms with van der Waals surface area (Å²) in [5.41, 5.74) is 0.175. The Balaban J connectivity index is 2.54. The standard InChI is InChI=1S/C12H19N3O2/c1-12(2,9-16)6-8-15(3)11(17)10-5-4-7-13-14-10/h4-5,7,16H,6,8-9H2,1-3H3. The van der Waals surface area contributed by atoms with Gasteiger partial charge in [-0.05, 0) is 24.0 Å². The molecule has 0 spiro atoms. The molecule has 0 aliphatic carbocycles. The average Bonchev–Trinajstić information content (AvgIpc) is 2.36. The molecule has 5 nitrogen and oxygen atoms in total. The lowest BCUT2D eigenvalue weighted by molar-refractivity contribution is 0.0745. The van der Waals surface area contributed by atoms with Crippen molar-refractivity contribution < 1.29 is 9.90 Å². The minimum Gasteiger partial charge on any atom is -0.396 e. The van der Waals surface area contributed by atoms with Crippen molar-refractivity contribution in [3.8, 4) is 0 Å². The predicted molar refractivity (Wildman–Crippen MR) is 64.5 cm³/mol. The van der Waals surface area contributed by atoms with Crippen molar-refractivity contribution in [2.75, 3.05) is 20.2 Å². The number of rotatable bonds is 5. The smallest absolute Gasteiger partial charge is 0.274 e. The molecule has 0 unspecified atom stereocenters. The molecule has 1 aromatic heterocycles. The Labute approximate surface area is 101 Å². The zero-order valence-electron chi connectivity index (χ0n) is 10.6. The quantitative estimate of drug-likeness (QED) is 0.828. The maximum atomic E-state index is 11.9. The Morgan fingerprint density at radius 1 is 1.53 bits per heavy atom. The topological polar surface area (TPSA) is 66.3 Å². The SMILES string of the molecule is CN(CCC(C)(C)CO)C(=O)c1cccnn1. The summed E-state index contributed by atoms with van der Waals surface area (Å²) in [7, 11) is 1.73. The van der Waals surface area contributed by atoms with E-state index in [0.717, 1.165) is 6.42 Å². The van der Waals surface area contributed by atoms with Crippen LogP contribution in [-0.2, 0) is 0 Å². The second-order valence-corrected chi connectivity index (χ2v) is 4.91. The van der Waals surface area contributed by atoms with E-state index in [-0.39, 0.29) is 17.9 Å². The van der Waals surface area contributed by atoms with Gasteiger partial charge in [-0.15, -0.1) is 5.10 Å². The van der Waals surface area contributed by atoms with E-state index in [2.05, 4.69) is 10.2 Å². The molecule has 1 aromatic rings. The molecule has 1 N–H and O–H groups in total. The third-order valence-corrected chi connectivity index (χ3v) is 2.69. The molecule has 0 radical (unpaired) electrons. The second-order valence-electron chi connectivity index (χ2n) is 4.91. The van der Waals surface area contributed by atoms with Crippen LogP contribution in [0.5, 0.6) is 0 Å². The first-order valence-electron chi connectivity index (χ1n) is 5.60. The van der Waals surface area contributed by atoms with Crippen LogP contribution in [-0.4, -0.2) is 46.3 Å². The number of hydrogen-bond donors (Lipinski definition) is 1. The van der Waals surface area contributed by atoms with Crippen molar-refractivity contribution in [3.05, 3.63) is 24.0 Å². The van der Waals surface area contributed by atoms with E-state index < -0.39 is 0 Å². The Bertz CT molecular complexity index is 365. The summed E-state index contributed by atoms with van der Waals surface area (Å²) in [5, 5.41) is 16.6. The van der Waals surface area contributed by atoms with Crippen molar-refractivity contribution >= 4 is 5.91 Å². The van der Waals surface area contributed by atoms with Crippen molar-refractivity contribution in [1.82, 2.24) is 15.1 Å². The lowest BCUT2D eigenvalue weighted by atomic mass is 9.90. The lowest BCUT2D eigenvalue weighted by Gasteiger charge is -2.25. The first-order valence-corrected chi connectivity index (χ1v) is 5.60. The van der Waals surface area contributed by atoms with Gasteiger partial charge in [0.25, 0.3) is 5.91 Å². The van der Waals surface area contributed by atoms with Gasteiger partial charge in [-0.25, -0.2) is 0 Å². The Morgan fingerprint density at radius 2 is 2.24 bits per heavy atom. The Kier molecular flexibility index (Phi) is 4.57. The maximum absolute atomic E-state index is 11.9. The number of aliphatic hydroxyl groups is 1. The van der Waals surface area contributed by atoms with Gasteiger partial charge in [-0.2, -0.15) is 5.10 Å². The van der Waals surface area contributed by atoms with Crippen LogP contribution in [0.15, 0.2) is 18.3 Å². The number of carbonyl (C=O) groups is 1. The molecule has 1 amide bonds. The molecular weight excluding hydrogens is 218 g/mol. The summed E-state index contributed by atoms with van der Waals surface area (Å²) in [6.07, 6.45) is 2.28. The van der Waals surface area contributed by atoms with Crippen molar-refractivity contribution in [1.29, 1.82) is 0 Å². The minimum absolute atomic E-state index is 0.111. The number of carbonyl (C=O) groups excluding carboxylic acids is 1. The van der Waals surface area contributed by atoms with Crippen LogP contribution in [0.1, 0.15) is 30.8 Å². The van der Waals surface area contributed by atoms with Crippen LogP contribution < -0.4 is 0 Å². The molecule has 0 saturated carbocycles. The zero-order chi connectivity index (χ0) is 12.9. The monoisotopic (exact) mass is 237 g/mol. The number of aliphatic hydroxyl groups excluding tert-OH is 1. The summed E-state index contributed by atoms with van der Waals surface area (Å²) in [6.45, 7) is 4.63. The highest BCUT2D eigenvalue weighted by molar-refractivity contribution is 5.91. The van der Waals surface area contributed by atoms with Crippen LogP contribution in [0.25, 0.3) is 0 Å². The third kappa shape index (κ3) is 4.11. The molecule has 17 heavy (non-hydrogen) atoms. The molecule has 1 heterocycles. The fourth-order valence-electron chi connectivity index (χ4n) is 1.26. The normalized spacial score (nSPS) is 11.3. The number of hydrogen-bond acceptors (Lipinski definition) is 4. The molecule has 94 valence electrons. The molecule has 0 atom stereocenters. The van der Waals surface area contributed by atoms with E-state index in [9.17, 15) is 4.79 Å². The lowest BCUT2D eigenvalue weighted by Crippen LogP contribution is -2.32. The summed E-state index contributed by atoms with van der Waals surface area (Å²) < 4.78 is 0. The van der Waals surface area contributed by atoms with Gasteiger partial charge < -0.3 is 10.0 Å². The molecule has 0 saturated heterocycles. The number of aromatic nitrogens is 2. The fourth-order valence-corrected chi connectivity index (χ4v) is 1.26. The highest BCUT2D eigenvalue weighted by atomic mass is 16.3. The average molecular weight is 237 g/mol. The predicted octanol–water partition coefficient (Wildman–Crippen LogP) is 0.957. The van der Waals surface area contributed by atoms with Crippen LogP contribution in [0.2, 0.25) is 0 Å². The van der Waals surface area contributed by atoms with Crippen LogP contribution in [0, 0.1) is 5.41 Å². The van der Waals surface area contributed by atoms with Gasteiger partial charge >= 0.3 is 0 Å². The fraction of sp³-hybridized carbons (Fsp3) is 0.583. The molecule has 0 fully saturated rings. The van der Waals surface area contributed by atoms with E-state index in [1.54, 1.807) is 24.1 Å². The first kappa shape index (κ1) is 13.6. The summed E-state index contributed by atoms with van der Waals surface area (Å²) in [6, 6.07) is 3.33. The van der Waals surface area contributed by atoms with E-state index in [4.69, 9.17) is 5.11 Å². The highest BCUT2D eigenvalue weighted by Crippen LogP contribution is 2.19. The Hall–Kier alpha value is -1.49. The van der Waals surface area contributed by atoms with Gasteiger partial charge in [0.1, 0.15) is 0 Å². The van der Waals surface area contributed by atoms with Gasteiger partial charge in [0.05, 0.1) is 0 Å². The van der Waals surface area contributed by atoms with Crippen LogP contribution in [0.4, 0.5) is 0 Å². The Morgan fingerprint density at radius 3 is 2.76 bits per heavy atom. The van der Waals surface area contributed by atoms with Gasteiger partial charge in [0.2, 0.25) is 0 Å². The molecule has 0 bridgehead atoms. The van der Waals surface area contributed by atoms with E-state index >= 15 is 0 Å². The van der Waals surface area contributed by atoms with Gasteiger partial charge in [-0.3, -0.25) is 4.79 Å². The number of nitrogens with zero attached hydrogens (tertiary/aromatic N) is 3. The van der Waals surface area contributed by atoms with E-state index in [0.29, 0.717) is 12.2 Å². The second kappa shape index (κ2) is 5.72.